The maximum atomic E-state index is 11.6. The lowest BCUT2D eigenvalue weighted by molar-refractivity contribution is 0.197. The molecule has 0 radical (unpaired) electrons. The number of rotatable bonds is 2. The van der Waals surface area contributed by atoms with Crippen LogP contribution >= 0.6 is 0 Å². The molecule has 2 amide bonds. The maximum Gasteiger partial charge on any atom is 0.322 e. The first-order chi connectivity index (χ1) is 6.57. The lowest BCUT2D eigenvalue weighted by atomic mass is 10.1. The molecule has 0 atom stereocenters. The van der Waals surface area contributed by atoms with Crippen LogP contribution in [0.5, 0.6) is 0 Å². The smallest absolute Gasteiger partial charge is 0.322 e. The summed E-state index contributed by atoms with van der Waals surface area (Å²) >= 11 is 0. The molecule has 0 saturated carbocycles. The fourth-order valence-corrected chi connectivity index (χ4v) is 1.46. The van der Waals surface area contributed by atoms with E-state index in [1.165, 1.54) is 0 Å². The fraction of sp³-hybridized carbons (Fsp3) is 0.364. The summed E-state index contributed by atoms with van der Waals surface area (Å²) in [6.07, 6.45) is 3.50. The first kappa shape index (κ1) is 10.6. The van der Waals surface area contributed by atoms with Crippen LogP contribution in [-0.4, -0.2) is 23.5 Å². The number of hydrogen-bond donors (Lipinski definition) is 1. The van der Waals surface area contributed by atoms with Gasteiger partial charge in [0.25, 0.3) is 0 Å². The monoisotopic (exact) mass is 192 g/mol. The van der Waals surface area contributed by atoms with E-state index >= 15 is 0 Å². The zero-order chi connectivity index (χ0) is 10.7. The number of carbonyl (C=O) groups is 1. The second kappa shape index (κ2) is 4.13. The van der Waals surface area contributed by atoms with Crippen molar-refractivity contribution >= 4 is 6.03 Å². The molecule has 1 N–H and O–H groups in total. The van der Waals surface area contributed by atoms with E-state index in [0.717, 1.165) is 11.3 Å². The van der Waals surface area contributed by atoms with Crippen molar-refractivity contribution in [1.82, 2.24) is 10.2 Å². The van der Waals surface area contributed by atoms with Gasteiger partial charge in [0, 0.05) is 12.6 Å². The first-order valence-electron chi connectivity index (χ1n) is 4.66. The number of urea groups is 1. The molecule has 1 heterocycles. The van der Waals surface area contributed by atoms with Crippen molar-refractivity contribution in [3.8, 4) is 0 Å². The third kappa shape index (κ3) is 1.87. The Labute approximate surface area is 84.8 Å². The highest BCUT2D eigenvalue weighted by Crippen LogP contribution is 2.20. The van der Waals surface area contributed by atoms with E-state index in [0.29, 0.717) is 6.54 Å². The summed E-state index contributed by atoms with van der Waals surface area (Å²) in [6.45, 7) is 12.0. The Kier molecular flexibility index (Phi) is 3.12. The van der Waals surface area contributed by atoms with Gasteiger partial charge in [-0.05, 0) is 25.5 Å². The van der Waals surface area contributed by atoms with E-state index in [1.54, 1.807) is 11.0 Å². The summed E-state index contributed by atoms with van der Waals surface area (Å²) in [5.74, 6) is 0. The molecule has 0 bridgehead atoms. The Morgan fingerprint density at radius 2 is 2.21 bits per heavy atom. The molecule has 1 fully saturated rings. The van der Waals surface area contributed by atoms with E-state index in [1.807, 2.05) is 19.9 Å². The van der Waals surface area contributed by atoms with E-state index in [2.05, 4.69) is 18.5 Å². The third-order valence-electron chi connectivity index (χ3n) is 2.09. The zero-order valence-corrected chi connectivity index (χ0v) is 8.71. The topological polar surface area (TPSA) is 32.3 Å². The molecule has 76 valence electrons. The first-order valence-corrected chi connectivity index (χ1v) is 4.66. The molecular weight excluding hydrogens is 176 g/mol. The highest BCUT2D eigenvalue weighted by molar-refractivity contribution is 5.80. The van der Waals surface area contributed by atoms with Crippen molar-refractivity contribution in [2.45, 2.75) is 19.9 Å². The van der Waals surface area contributed by atoms with Crippen molar-refractivity contribution < 1.29 is 4.79 Å². The zero-order valence-electron chi connectivity index (χ0n) is 8.71. The summed E-state index contributed by atoms with van der Waals surface area (Å²) in [7, 11) is 0. The van der Waals surface area contributed by atoms with Crippen LogP contribution in [0.15, 0.2) is 36.6 Å². The number of nitrogens with zero attached hydrogens (tertiary/aromatic N) is 1. The van der Waals surface area contributed by atoms with Gasteiger partial charge < -0.3 is 5.32 Å². The molecule has 0 aliphatic carbocycles. The largest absolute Gasteiger partial charge is 0.334 e. The molecule has 1 rings (SSSR count). The number of amides is 2. The van der Waals surface area contributed by atoms with Crippen LogP contribution < -0.4 is 5.32 Å². The highest BCUT2D eigenvalue weighted by atomic mass is 16.2. The van der Waals surface area contributed by atoms with Crippen molar-refractivity contribution in [3.63, 3.8) is 0 Å². The Balaban J connectivity index is 3.04. The minimum absolute atomic E-state index is 0.0690. The summed E-state index contributed by atoms with van der Waals surface area (Å²) in [6, 6.07) is 0.0544. The van der Waals surface area contributed by atoms with Gasteiger partial charge in [0.05, 0.1) is 5.70 Å². The van der Waals surface area contributed by atoms with Gasteiger partial charge in [-0.25, -0.2) is 4.79 Å². The predicted molar refractivity (Wildman–Crippen MR) is 57.8 cm³/mol. The molecule has 0 spiro atoms. The predicted octanol–water partition coefficient (Wildman–Crippen LogP) is 2.05. The second-order valence-corrected chi connectivity index (χ2v) is 3.51. The molecule has 0 unspecified atom stereocenters. The maximum absolute atomic E-state index is 11.6. The summed E-state index contributed by atoms with van der Waals surface area (Å²) in [5, 5.41) is 2.76. The summed E-state index contributed by atoms with van der Waals surface area (Å²) in [4.78, 5) is 13.3. The molecule has 1 aliphatic heterocycles. The quantitative estimate of drug-likeness (QED) is 0.713. The van der Waals surface area contributed by atoms with Crippen LogP contribution in [0, 0.1) is 0 Å². The normalized spacial score (nSPS) is 20.2. The Morgan fingerprint density at radius 3 is 2.71 bits per heavy atom. The minimum atomic E-state index is -0.0690. The van der Waals surface area contributed by atoms with E-state index < -0.39 is 0 Å². The average Bonchev–Trinajstić information content (AvgIpc) is 2.11. The van der Waals surface area contributed by atoms with Crippen LogP contribution in [-0.2, 0) is 0 Å². The van der Waals surface area contributed by atoms with E-state index in [9.17, 15) is 4.79 Å². The molecule has 3 heteroatoms. The van der Waals surface area contributed by atoms with Crippen LogP contribution in [0.1, 0.15) is 13.8 Å². The van der Waals surface area contributed by atoms with Gasteiger partial charge >= 0.3 is 6.03 Å². The van der Waals surface area contributed by atoms with Crippen LogP contribution in [0.3, 0.4) is 0 Å². The van der Waals surface area contributed by atoms with Crippen molar-refractivity contribution in [2.75, 3.05) is 6.54 Å². The van der Waals surface area contributed by atoms with Crippen molar-refractivity contribution in [1.29, 1.82) is 0 Å². The van der Waals surface area contributed by atoms with Gasteiger partial charge in [0.2, 0.25) is 0 Å². The van der Waals surface area contributed by atoms with Crippen molar-refractivity contribution in [2.24, 2.45) is 0 Å². The molecule has 0 aromatic carbocycles. The molecule has 14 heavy (non-hydrogen) atoms. The van der Waals surface area contributed by atoms with Gasteiger partial charge in [-0.1, -0.05) is 19.2 Å². The molecule has 0 aromatic heterocycles. The van der Waals surface area contributed by atoms with Crippen LogP contribution in [0.25, 0.3) is 0 Å². The Morgan fingerprint density at radius 1 is 1.57 bits per heavy atom. The number of hydrogen-bond acceptors (Lipinski definition) is 1. The fourth-order valence-electron chi connectivity index (χ4n) is 1.46. The van der Waals surface area contributed by atoms with Gasteiger partial charge in [-0.3, -0.25) is 4.90 Å². The van der Waals surface area contributed by atoms with E-state index in [-0.39, 0.29) is 12.1 Å². The molecule has 1 aliphatic rings. The lowest BCUT2D eigenvalue weighted by Crippen LogP contribution is -2.49. The van der Waals surface area contributed by atoms with Gasteiger partial charge in [-0.15, -0.1) is 0 Å². The molecular formula is C11H16N2O. The summed E-state index contributed by atoms with van der Waals surface area (Å²) in [5.41, 5.74) is 1.77. The van der Waals surface area contributed by atoms with Gasteiger partial charge in [0.15, 0.2) is 0 Å². The lowest BCUT2D eigenvalue weighted by Gasteiger charge is -2.34. The Hall–Kier alpha value is -1.51. The second-order valence-electron chi connectivity index (χ2n) is 3.51. The number of allylic oxidation sites excluding steroid dienone is 2. The highest BCUT2D eigenvalue weighted by Gasteiger charge is 2.26. The standard InChI is InChI=1S/C11H16N2O/c1-5-6-10-9(4)7-12-11(14)13(10)8(2)3/h5-6,8H,1,4,7H2,2-3H3,(H,12,14)/b10-6+. The van der Waals surface area contributed by atoms with Gasteiger partial charge in [0.1, 0.15) is 0 Å². The van der Waals surface area contributed by atoms with E-state index in [4.69, 9.17) is 0 Å². The molecule has 0 aromatic rings. The van der Waals surface area contributed by atoms with Crippen LogP contribution in [0.2, 0.25) is 0 Å². The number of carbonyl (C=O) groups excluding carboxylic acids is 1. The number of nitrogens with one attached hydrogen (secondary N) is 1. The van der Waals surface area contributed by atoms with Crippen molar-refractivity contribution in [3.05, 3.63) is 36.6 Å². The Bertz CT molecular complexity index is 302. The molecule has 1 saturated heterocycles. The SMILES string of the molecule is C=C/C=C1\C(=C)CNC(=O)N1C(C)C. The third-order valence-corrected chi connectivity index (χ3v) is 2.09. The summed E-state index contributed by atoms with van der Waals surface area (Å²) < 4.78 is 0. The minimum Gasteiger partial charge on any atom is -0.334 e. The molecule has 3 nitrogen and oxygen atoms in total. The van der Waals surface area contributed by atoms with Crippen LogP contribution in [0.4, 0.5) is 4.79 Å². The van der Waals surface area contributed by atoms with Gasteiger partial charge in [-0.2, -0.15) is 0 Å². The average molecular weight is 192 g/mol.